The van der Waals surface area contributed by atoms with Gasteiger partial charge in [-0.05, 0) is 32.0 Å². The molecule has 116 valence electrons. The Morgan fingerprint density at radius 2 is 1.77 bits per heavy atom. The molecule has 3 heteroatoms. The molecule has 0 bridgehead atoms. The van der Waals surface area contributed by atoms with Crippen molar-refractivity contribution in [2.75, 3.05) is 24.5 Å². The van der Waals surface area contributed by atoms with Crippen molar-refractivity contribution in [1.82, 2.24) is 4.90 Å². The fraction of sp³-hybridized carbons (Fsp3) is 0.368. The highest BCUT2D eigenvalue weighted by Gasteiger charge is 2.24. The molecule has 0 saturated carbocycles. The van der Waals surface area contributed by atoms with Crippen LogP contribution in [0.5, 0.6) is 0 Å². The number of hydrogen-bond acceptors (Lipinski definition) is 2. The molecule has 1 fully saturated rings. The van der Waals surface area contributed by atoms with Crippen molar-refractivity contribution >= 4 is 5.69 Å². The van der Waals surface area contributed by atoms with E-state index in [1.165, 1.54) is 11.3 Å². The van der Waals surface area contributed by atoms with Crippen LogP contribution in [0.25, 0.3) is 0 Å². The van der Waals surface area contributed by atoms with Gasteiger partial charge in [0, 0.05) is 43.5 Å². The van der Waals surface area contributed by atoms with Crippen molar-refractivity contribution in [3.05, 3.63) is 65.5 Å². The fourth-order valence-electron chi connectivity index (χ4n) is 3.16. The molecule has 2 aromatic rings. The molecule has 3 rings (SSSR count). The van der Waals surface area contributed by atoms with Gasteiger partial charge in [0.2, 0.25) is 0 Å². The van der Waals surface area contributed by atoms with Crippen molar-refractivity contribution in [3.63, 3.8) is 0 Å². The van der Waals surface area contributed by atoms with Gasteiger partial charge in [0.05, 0.1) is 0 Å². The zero-order valence-corrected chi connectivity index (χ0v) is 13.3. The summed E-state index contributed by atoms with van der Waals surface area (Å²) < 4.78 is 13.8. The standard InChI is InChI=1S/C19H23FN2/c1-15-7-9-18(10-8-15)22-12-11-21(13-16(22)2)14-17-5-3-4-6-19(17)20/h3-10,16H,11-14H2,1-2H3. The first-order chi connectivity index (χ1) is 10.6. The van der Waals surface area contributed by atoms with E-state index in [4.69, 9.17) is 0 Å². The highest BCUT2D eigenvalue weighted by Crippen LogP contribution is 2.22. The van der Waals surface area contributed by atoms with E-state index in [9.17, 15) is 4.39 Å². The number of halogens is 1. The van der Waals surface area contributed by atoms with E-state index in [2.05, 4.69) is 47.9 Å². The molecule has 0 radical (unpaired) electrons. The monoisotopic (exact) mass is 298 g/mol. The Labute approximate surface area is 132 Å². The molecule has 1 atom stereocenters. The minimum absolute atomic E-state index is 0.101. The van der Waals surface area contributed by atoms with Crippen LogP contribution in [0.15, 0.2) is 48.5 Å². The van der Waals surface area contributed by atoms with E-state index in [1.807, 2.05) is 12.1 Å². The third-order valence-electron chi connectivity index (χ3n) is 4.43. The molecule has 1 unspecified atom stereocenters. The highest BCUT2D eigenvalue weighted by molar-refractivity contribution is 5.49. The average molecular weight is 298 g/mol. The normalized spacial score (nSPS) is 19.4. The van der Waals surface area contributed by atoms with Crippen LogP contribution in [0, 0.1) is 12.7 Å². The van der Waals surface area contributed by atoms with E-state index in [0.717, 1.165) is 25.2 Å². The lowest BCUT2D eigenvalue weighted by Gasteiger charge is -2.41. The van der Waals surface area contributed by atoms with E-state index in [-0.39, 0.29) is 5.82 Å². The fourth-order valence-corrected chi connectivity index (χ4v) is 3.16. The molecule has 2 nitrogen and oxygen atoms in total. The van der Waals surface area contributed by atoms with Crippen LogP contribution in [-0.2, 0) is 6.54 Å². The largest absolute Gasteiger partial charge is 0.366 e. The molecule has 0 spiro atoms. The summed E-state index contributed by atoms with van der Waals surface area (Å²) in [5, 5.41) is 0. The summed E-state index contributed by atoms with van der Waals surface area (Å²) in [7, 11) is 0. The third kappa shape index (κ3) is 3.30. The first-order valence-electron chi connectivity index (χ1n) is 7.92. The summed E-state index contributed by atoms with van der Waals surface area (Å²) in [6.07, 6.45) is 0. The summed E-state index contributed by atoms with van der Waals surface area (Å²) in [5.41, 5.74) is 3.36. The van der Waals surface area contributed by atoms with Crippen molar-refractivity contribution in [2.24, 2.45) is 0 Å². The minimum atomic E-state index is -0.101. The molecule has 2 aromatic carbocycles. The van der Waals surface area contributed by atoms with Gasteiger partial charge in [-0.3, -0.25) is 4.90 Å². The van der Waals surface area contributed by atoms with Crippen LogP contribution in [0.3, 0.4) is 0 Å². The SMILES string of the molecule is Cc1ccc(N2CCN(Cc3ccccc3F)CC2C)cc1. The Bertz CT molecular complexity index is 624. The predicted molar refractivity (Wildman–Crippen MR) is 89.7 cm³/mol. The Hall–Kier alpha value is -1.87. The molecule has 0 aliphatic carbocycles. The summed E-state index contributed by atoms with van der Waals surface area (Å²) in [6.45, 7) is 7.96. The average Bonchev–Trinajstić information content (AvgIpc) is 2.51. The Balaban J connectivity index is 1.65. The molecule has 1 aliphatic heterocycles. The zero-order valence-electron chi connectivity index (χ0n) is 13.3. The van der Waals surface area contributed by atoms with Crippen molar-refractivity contribution in [1.29, 1.82) is 0 Å². The topological polar surface area (TPSA) is 6.48 Å². The highest BCUT2D eigenvalue weighted by atomic mass is 19.1. The number of anilines is 1. The Kier molecular flexibility index (Phi) is 4.44. The van der Waals surface area contributed by atoms with Crippen molar-refractivity contribution in [2.45, 2.75) is 26.4 Å². The van der Waals surface area contributed by atoms with E-state index in [0.29, 0.717) is 12.6 Å². The predicted octanol–water partition coefficient (Wildman–Crippen LogP) is 3.84. The molecule has 1 heterocycles. The number of piperazine rings is 1. The maximum absolute atomic E-state index is 13.8. The van der Waals surface area contributed by atoms with E-state index >= 15 is 0 Å². The van der Waals surface area contributed by atoms with Crippen LogP contribution in [0.2, 0.25) is 0 Å². The van der Waals surface area contributed by atoms with Gasteiger partial charge < -0.3 is 4.90 Å². The molecule has 0 amide bonds. The van der Waals surface area contributed by atoms with Gasteiger partial charge in [-0.15, -0.1) is 0 Å². The minimum Gasteiger partial charge on any atom is -0.366 e. The second-order valence-electron chi connectivity index (χ2n) is 6.20. The van der Waals surface area contributed by atoms with Gasteiger partial charge in [0.25, 0.3) is 0 Å². The number of rotatable bonds is 3. The maximum atomic E-state index is 13.8. The van der Waals surface area contributed by atoms with E-state index < -0.39 is 0 Å². The van der Waals surface area contributed by atoms with Gasteiger partial charge in [-0.2, -0.15) is 0 Å². The molecular weight excluding hydrogens is 275 g/mol. The zero-order chi connectivity index (χ0) is 15.5. The van der Waals surface area contributed by atoms with Gasteiger partial charge in [-0.1, -0.05) is 35.9 Å². The molecule has 1 aliphatic rings. The lowest BCUT2D eigenvalue weighted by molar-refractivity contribution is 0.218. The molecular formula is C19H23FN2. The van der Waals surface area contributed by atoms with E-state index in [1.54, 1.807) is 12.1 Å². The smallest absolute Gasteiger partial charge is 0.127 e. The number of nitrogens with zero attached hydrogens (tertiary/aromatic N) is 2. The number of hydrogen-bond donors (Lipinski definition) is 0. The number of benzene rings is 2. The molecule has 1 saturated heterocycles. The first kappa shape index (κ1) is 15.0. The molecule has 22 heavy (non-hydrogen) atoms. The molecule has 0 N–H and O–H groups in total. The molecule has 0 aromatic heterocycles. The van der Waals surface area contributed by atoms with Gasteiger partial charge in [0.1, 0.15) is 5.82 Å². The van der Waals surface area contributed by atoms with Gasteiger partial charge in [-0.25, -0.2) is 4.39 Å². The van der Waals surface area contributed by atoms with Crippen molar-refractivity contribution in [3.8, 4) is 0 Å². The first-order valence-corrected chi connectivity index (χ1v) is 7.92. The van der Waals surface area contributed by atoms with Crippen LogP contribution in [-0.4, -0.2) is 30.6 Å². The summed E-state index contributed by atoms with van der Waals surface area (Å²) in [6, 6.07) is 16.2. The van der Waals surface area contributed by atoms with Crippen LogP contribution in [0.4, 0.5) is 10.1 Å². The second kappa shape index (κ2) is 6.49. The van der Waals surface area contributed by atoms with Gasteiger partial charge in [0.15, 0.2) is 0 Å². The third-order valence-corrected chi connectivity index (χ3v) is 4.43. The van der Waals surface area contributed by atoms with Crippen LogP contribution < -0.4 is 4.90 Å². The lowest BCUT2D eigenvalue weighted by Crippen LogP contribution is -2.51. The quantitative estimate of drug-likeness (QED) is 0.849. The maximum Gasteiger partial charge on any atom is 0.127 e. The van der Waals surface area contributed by atoms with Gasteiger partial charge >= 0.3 is 0 Å². The number of aryl methyl sites for hydroxylation is 1. The van der Waals surface area contributed by atoms with Crippen molar-refractivity contribution < 1.29 is 4.39 Å². The van der Waals surface area contributed by atoms with Crippen LogP contribution in [0.1, 0.15) is 18.1 Å². The lowest BCUT2D eigenvalue weighted by atomic mass is 10.1. The summed E-state index contributed by atoms with van der Waals surface area (Å²) in [4.78, 5) is 4.78. The summed E-state index contributed by atoms with van der Waals surface area (Å²) >= 11 is 0. The Morgan fingerprint density at radius 3 is 2.45 bits per heavy atom. The summed E-state index contributed by atoms with van der Waals surface area (Å²) in [5.74, 6) is -0.101. The Morgan fingerprint density at radius 1 is 1.05 bits per heavy atom. The van der Waals surface area contributed by atoms with Crippen LogP contribution >= 0.6 is 0 Å². The second-order valence-corrected chi connectivity index (χ2v) is 6.20.